The van der Waals surface area contributed by atoms with Crippen LogP contribution in [0.15, 0.2) is 48.5 Å². The van der Waals surface area contributed by atoms with Gasteiger partial charge in [-0.25, -0.2) is 0 Å². The number of hydrogen-bond acceptors (Lipinski definition) is 6. The Hall–Kier alpha value is -2.93. The molecule has 1 saturated carbocycles. The van der Waals surface area contributed by atoms with Gasteiger partial charge in [0.2, 0.25) is 0 Å². The first-order valence-electron chi connectivity index (χ1n) is 11.5. The molecule has 0 unspecified atom stereocenters. The van der Waals surface area contributed by atoms with E-state index in [1.807, 2.05) is 6.07 Å². The van der Waals surface area contributed by atoms with E-state index in [1.54, 1.807) is 7.11 Å². The molecule has 7 heteroatoms. The van der Waals surface area contributed by atoms with Crippen LogP contribution in [0.5, 0.6) is 11.5 Å². The Morgan fingerprint density at radius 1 is 1.09 bits per heavy atom. The van der Waals surface area contributed by atoms with Gasteiger partial charge in [0.05, 0.1) is 18.6 Å². The Morgan fingerprint density at radius 2 is 1.91 bits per heavy atom. The zero-order valence-corrected chi connectivity index (χ0v) is 18.8. The lowest BCUT2D eigenvalue weighted by atomic mass is 9.75. The molecule has 7 nitrogen and oxygen atoms in total. The van der Waals surface area contributed by atoms with Crippen LogP contribution < -0.4 is 9.47 Å². The Bertz CT molecular complexity index is 1020. The minimum absolute atomic E-state index is 0.209. The lowest BCUT2D eigenvalue weighted by Gasteiger charge is -2.28. The van der Waals surface area contributed by atoms with Gasteiger partial charge in [-0.2, -0.15) is 5.21 Å². The highest BCUT2D eigenvalue weighted by atomic mass is 16.5. The second-order valence-corrected chi connectivity index (χ2v) is 9.30. The van der Waals surface area contributed by atoms with Gasteiger partial charge in [-0.1, -0.05) is 48.5 Å². The molecule has 1 aromatic heterocycles. The SMILES string of the molecule is COc1ccc([C@@H]2CN(Cc3ccccc3)C[C@@]2(C)c2nn[nH]n2)cc1OC1CCCC1. The van der Waals surface area contributed by atoms with Gasteiger partial charge in [0, 0.05) is 25.6 Å². The number of aromatic amines is 1. The topological polar surface area (TPSA) is 76.2 Å². The van der Waals surface area contributed by atoms with E-state index in [1.165, 1.54) is 24.0 Å². The third-order valence-electron chi connectivity index (χ3n) is 7.05. The van der Waals surface area contributed by atoms with Crippen LogP contribution in [0.1, 0.15) is 55.5 Å². The van der Waals surface area contributed by atoms with Crippen LogP contribution in [-0.2, 0) is 12.0 Å². The number of tetrazole rings is 1. The normalized spacial score (nSPS) is 24.1. The minimum Gasteiger partial charge on any atom is -0.493 e. The second-order valence-electron chi connectivity index (χ2n) is 9.30. The Balaban J connectivity index is 1.46. The molecule has 1 aliphatic heterocycles. The molecule has 1 N–H and O–H groups in total. The lowest BCUT2D eigenvalue weighted by Crippen LogP contribution is -2.32. The number of H-pyrrole nitrogens is 1. The van der Waals surface area contributed by atoms with Gasteiger partial charge in [0.15, 0.2) is 17.3 Å². The Morgan fingerprint density at radius 3 is 2.62 bits per heavy atom. The molecular weight excluding hydrogens is 402 g/mol. The van der Waals surface area contributed by atoms with E-state index < -0.39 is 0 Å². The highest BCUT2D eigenvalue weighted by molar-refractivity contribution is 5.46. The molecule has 0 amide bonds. The van der Waals surface area contributed by atoms with Gasteiger partial charge in [0.1, 0.15) is 0 Å². The van der Waals surface area contributed by atoms with Crippen molar-refractivity contribution in [2.75, 3.05) is 20.2 Å². The van der Waals surface area contributed by atoms with Crippen LogP contribution in [-0.4, -0.2) is 51.8 Å². The average molecular weight is 434 g/mol. The molecule has 1 saturated heterocycles. The number of hydrogen-bond donors (Lipinski definition) is 1. The van der Waals surface area contributed by atoms with E-state index in [0.717, 1.165) is 49.8 Å². The van der Waals surface area contributed by atoms with Crippen LogP contribution >= 0.6 is 0 Å². The summed E-state index contributed by atoms with van der Waals surface area (Å²) in [5, 5.41) is 15.3. The standard InChI is InChI=1S/C25H31N5O2/c1-25(24-26-28-29-27-24)17-30(15-18-8-4-3-5-9-18)16-21(25)19-12-13-22(31-2)23(14-19)32-20-10-6-7-11-20/h3-5,8-9,12-14,20-21H,6-7,10-11,15-17H2,1-2H3,(H,26,27,28,29)/t21-,25+/m0/s1. The van der Waals surface area contributed by atoms with Crippen LogP contribution in [0, 0.1) is 0 Å². The molecular formula is C25H31N5O2. The fourth-order valence-electron chi connectivity index (χ4n) is 5.35. The number of nitrogens with zero attached hydrogens (tertiary/aromatic N) is 4. The summed E-state index contributed by atoms with van der Waals surface area (Å²) in [7, 11) is 1.71. The lowest BCUT2D eigenvalue weighted by molar-refractivity contribution is 0.200. The molecule has 0 spiro atoms. The van der Waals surface area contributed by atoms with Gasteiger partial charge in [0.25, 0.3) is 0 Å². The van der Waals surface area contributed by atoms with Gasteiger partial charge in [-0.05, 0) is 48.9 Å². The summed E-state index contributed by atoms with van der Waals surface area (Å²) < 4.78 is 12.0. The molecule has 3 aromatic rings. The molecule has 5 rings (SSSR count). The first-order chi connectivity index (χ1) is 15.7. The molecule has 168 valence electrons. The Labute approximate surface area is 189 Å². The average Bonchev–Trinajstić information content (AvgIpc) is 3.57. The predicted octanol–water partition coefficient (Wildman–Crippen LogP) is 4.09. The number of likely N-dealkylation sites (tertiary alicyclic amines) is 1. The molecule has 1 aliphatic carbocycles. The van der Waals surface area contributed by atoms with Crippen molar-refractivity contribution < 1.29 is 9.47 Å². The summed E-state index contributed by atoms with van der Waals surface area (Å²) in [6.07, 6.45) is 4.98. The summed E-state index contributed by atoms with van der Waals surface area (Å²) in [5.74, 6) is 2.60. The quantitative estimate of drug-likeness (QED) is 0.605. The van der Waals surface area contributed by atoms with E-state index in [2.05, 4.69) is 74.9 Å². The van der Waals surface area contributed by atoms with Crippen molar-refractivity contribution in [3.63, 3.8) is 0 Å². The van der Waals surface area contributed by atoms with Crippen molar-refractivity contribution in [3.8, 4) is 11.5 Å². The molecule has 32 heavy (non-hydrogen) atoms. The molecule has 2 heterocycles. The number of methoxy groups -OCH3 is 1. The number of benzene rings is 2. The van der Waals surface area contributed by atoms with Gasteiger partial charge in [-0.3, -0.25) is 4.90 Å². The van der Waals surface area contributed by atoms with Crippen molar-refractivity contribution in [2.24, 2.45) is 0 Å². The maximum atomic E-state index is 6.39. The van der Waals surface area contributed by atoms with E-state index in [-0.39, 0.29) is 17.4 Å². The fourth-order valence-corrected chi connectivity index (χ4v) is 5.35. The number of aromatic nitrogens is 4. The summed E-state index contributed by atoms with van der Waals surface area (Å²) in [4.78, 5) is 2.48. The first kappa shape index (κ1) is 20.9. The van der Waals surface area contributed by atoms with Crippen molar-refractivity contribution >= 4 is 0 Å². The summed E-state index contributed by atoms with van der Waals surface area (Å²) >= 11 is 0. The third-order valence-corrected chi connectivity index (χ3v) is 7.05. The number of ether oxygens (including phenoxy) is 2. The van der Waals surface area contributed by atoms with Gasteiger partial charge in [-0.15, -0.1) is 10.2 Å². The van der Waals surface area contributed by atoms with Gasteiger partial charge < -0.3 is 9.47 Å². The third kappa shape index (κ3) is 4.09. The van der Waals surface area contributed by atoms with E-state index in [4.69, 9.17) is 9.47 Å². The van der Waals surface area contributed by atoms with E-state index in [9.17, 15) is 0 Å². The molecule has 0 radical (unpaired) electrons. The molecule has 2 atom stereocenters. The fraction of sp³-hybridized carbons (Fsp3) is 0.480. The summed E-state index contributed by atoms with van der Waals surface area (Å²) in [6.45, 7) is 4.91. The minimum atomic E-state index is -0.263. The summed E-state index contributed by atoms with van der Waals surface area (Å²) in [6, 6.07) is 17.0. The smallest absolute Gasteiger partial charge is 0.182 e. The number of rotatable bonds is 7. The Kier molecular flexibility index (Phi) is 5.83. The maximum Gasteiger partial charge on any atom is 0.182 e. The van der Waals surface area contributed by atoms with Crippen LogP contribution in [0.2, 0.25) is 0 Å². The van der Waals surface area contributed by atoms with Crippen LogP contribution in [0.3, 0.4) is 0 Å². The second kappa shape index (κ2) is 8.90. The van der Waals surface area contributed by atoms with Crippen molar-refractivity contribution in [3.05, 3.63) is 65.5 Å². The first-order valence-corrected chi connectivity index (χ1v) is 11.5. The van der Waals surface area contributed by atoms with Crippen molar-refractivity contribution in [1.29, 1.82) is 0 Å². The van der Waals surface area contributed by atoms with E-state index >= 15 is 0 Å². The summed E-state index contributed by atoms with van der Waals surface area (Å²) in [5.41, 5.74) is 2.27. The highest BCUT2D eigenvalue weighted by Crippen LogP contribution is 2.46. The van der Waals surface area contributed by atoms with Crippen molar-refractivity contribution in [1.82, 2.24) is 25.5 Å². The molecule has 2 aliphatic rings. The monoisotopic (exact) mass is 433 g/mol. The largest absolute Gasteiger partial charge is 0.493 e. The zero-order valence-electron chi connectivity index (χ0n) is 18.8. The van der Waals surface area contributed by atoms with Crippen molar-refractivity contribution in [2.45, 2.75) is 56.6 Å². The zero-order chi connectivity index (χ0) is 22.0. The van der Waals surface area contributed by atoms with Crippen LogP contribution in [0.25, 0.3) is 0 Å². The maximum absolute atomic E-state index is 6.39. The van der Waals surface area contributed by atoms with Crippen LogP contribution in [0.4, 0.5) is 0 Å². The highest BCUT2D eigenvalue weighted by Gasteiger charge is 2.48. The molecule has 0 bridgehead atoms. The number of nitrogens with one attached hydrogen (secondary N) is 1. The molecule has 2 fully saturated rings. The predicted molar refractivity (Wildman–Crippen MR) is 122 cm³/mol. The molecule has 2 aromatic carbocycles. The van der Waals surface area contributed by atoms with Gasteiger partial charge >= 0.3 is 0 Å². The van der Waals surface area contributed by atoms with E-state index in [0.29, 0.717) is 0 Å².